The second-order valence-corrected chi connectivity index (χ2v) is 8.12. The molecule has 136 valence electrons. The zero-order chi connectivity index (χ0) is 18.8. The van der Waals surface area contributed by atoms with Gasteiger partial charge in [-0.25, -0.2) is 0 Å². The van der Waals surface area contributed by atoms with Gasteiger partial charge in [0.25, 0.3) is 0 Å². The summed E-state index contributed by atoms with van der Waals surface area (Å²) in [5.41, 5.74) is 1.70. The Labute approximate surface area is 176 Å². The number of carbonyl (C=O) groups excluding carboxylic acids is 1. The third-order valence-corrected chi connectivity index (χ3v) is 5.46. The smallest absolute Gasteiger partial charge is 0.247 e. The van der Waals surface area contributed by atoms with Crippen LogP contribution in [0, 0.1) is 6.92 Å². The van der Waals surface area contributed by atoms with Crippen LogP contribution < -0.4 is 5.32 Å². The van der Waals surface area contributed by atoms with E-state index in [1.54, 1.807) is 33.9 Å². The van der Waals surface area contributed by atoms with Gasteiger partial charge in [0, 0.05) is 22.4 Å². The Morgan fingerprint density at radius 1 is 1.15 bits per heavy atom. The van der Waals surface area contributed by atoms with E-state index in [0.717, 1.165) is 15.7 Å². The first kappa shape index (κ1) is 19.4. The number of aromatic nitrogens is 4. The van der Waals surface area contributed by atoms with Crippen molar-refractivity contribution in [3.63, 3.8) is 0 Å². The maximum absolute atomic E-state index is 12.2. The Morgan fingerprint density at radius 3 is 2.54 bits per heavy atom. The van der Waals surface area contributed by atoms with Crippen molar-refractivity contribution in [2.45, 2.75) is 20.0 Å². The minimum Gasteiger partial charge on any atom is -0.307 e. The van der Waals surface area contributed by atoms with Gasteiger partial charge in [-0.1, -0.05) is 29.3 Å². The van der Waals surface area contributed by atoms with Gasteiger partial charge in [-0.2, -0.15) is 10.2 Å². The molecule has 1 N–H and O–H groups in total. The lowest BCUT2D eigenvalue weighted by Crippen LogP contribution is -2.19. The van der Waals surface area contributed by atoms with Crippen LogP contribution in [0.15, 0.2) is 39.5 Å². The Bertz CT molecular complexity index is 950. The fourth-order valence-corrected chi connectivity index (χ4v) is 3.48. The number of halogens is 4. The number of benzene rings is 1. The highest BCUT2D eigenvalue weighted by Crippen LogP contribution is 2.24. The van der Waals surface area contributed by atoms with Crippen LogP contribution in [0.2, 0.25) is 10.0 Å². The molecule has 3 aromatic rings. The summed E-state index contributed by atoms with van der Waals surface area (Å²) in [4.78, 5) is 12.2. The Kier molecular flexibility index (Phi) is 6.06. The molecule has 0 spiro atoms. The number of nitrogens with zero attached hydrogens (tertiary/aromatic N) is 4. The molecule has 1 amide bonds. The predicted octanol–water partition coefficient (Wildman–Crippen LogP) is 4.91. The van der Waals surface area contributed by atoms with Crippen LogP contribution in [0.5, 0.6) is 0 Å². The molecule has 0 fully saturated rings. The number of amides is 1. The number of hydrogen-bond acceptors (Lipinski definition) is 3. The fourth-order valence-electron chi connectivity index (χ4n) is 2.28. The first-order valence-corrected chi connectivity index (χ1v) is 9.82. The summed E-state index contributed by atoms with van der Waals surface area (Å²) < 4.78 is 4.78. The minimum absolute atomic E-state index is 0.0920. The molecule has 2 aromatic heterocycles. The van der Waals surface area contributed by atoms with Crippen LogP contribution in [0.3, 0.4) is 0 Å². The Morgan fingerprint density at radius 2 is 1.88 bits per heavy atom. The largest absolute Gasteiger partial charge is 0.307 e. The number of anilines is 1. The number of carbonyl (C=O) groups is 1. The molecule has 0 aliphatic rings. The third kappa shape index (κ3) is 4.68. The molecule has 0 unspecified atom stereocenters. The van der Waals surface area contributed by atoms with E-state index in [2.05, 4.69) is 47.4 Å². The monoisotopic (exact) mass is 519 g/mol. The van der Waals surface area contributed by atoms with Crippen molar-refractivity contribution in [3.8, 4) is 0 Å². The van der Waals surface area contributed by atoms with E-state index >= 15 is 0 Å². The van der Waals surface area contributed by atoms with Gasteiger partial charge < -0.3 is 5.32 Å². The van der Waals surface area contributed by atoms with Crippen molar-refractivity contribution in [2.75, 3.05) is 5.32 Å². The summed E-state index contributed by atoms with van der Waals surface area (Å²) in [6.07, 6.45) is 3.53. The molecule has 0 radical (unpaired) electrons. The molecule has 6 nitrogen and oxygen atoms in total. The average Bonchev–Trinajstić information content (AvgIpc) is 3.04. The summed E-state index contributed by atoms with van der Waals surface area (Å²) in [6, 6.07) is 5.30. The van der Waals surface area contributed by atoms with Gasteiger partial charge in [-0.3, -0.25) is 14.2 Å². The third-order valence-electron chi connectivity index (χ3n) is 3.51. The second kappa shape index (κ2) is 8.12. The number of nitrogens with one attached hydrogen (secondary N) is 1. The SMILES string of the molecule is Cc1nn(CC(=O)Nc2nn(Cc3ccc(Cl)cc3Cl)cc2Br)cc1Br. The lowest BCUT2D eigenvalue weighted by atomic mass is 10.2. The van der Waals surface area contributed by atoms with Gasteiger partial charge in [-0.15, -0.1) is 0 Å². The first-order valence-electron chi connectivity index (χ1n) is 7.48. The number of hydrogen-bond donors (Lipinski definition) is 1. The van der Waals surface area contributed by atoms with Crippen molar-refractivity contribution in [3.05, 3.63) is 60.8 Å². The highest BCUT2D eigenvalue weighted by Gasteiger charge is 2.13. The van der Waals surface area contributed by atoms with E-state index in [9.17, 15) is 4.79 Å². The Balaban J connectivity index is 1.68. The van der Waals surface area contributed by atoms with E-state index in [1.807, 2.05) is 13.0 Å². The van der Waals surface area contributed by atoms with Gasteiger partial charge in [0.1, 0.15) is 6.54 Å². The van der Waals surface area contributed by atoms with E-state index < -0.39 is 0 Å². The number of aryl methyl sites for hydroxylation is 1. The van der Waals surface area contributed by atoms with Crippen molar-refractivity contribution in [1.29, 1.82) is 0 Å². The molecule has 1 aromatic carbocycles. The van der Waals surface area contributed by atoms with Gasteiger partial charge in [0.2, 0.25) is 5.91 Å². The van der Waals surface area contributed by atoms with Crippen LogP contribution in [-0.4, -0.2) is 25.5 Å². The standard InChI is InChI=1S/C16H13Br2Cl2N5O/c1-9-12(17)6-25(22-9)8-15(26)21-16-13(18)7-24(23-16)5-10-2-3-11(19)4-14(10)20/h2-4,6-7H,5,8H2,1H3,(H,21,23,26). The molecule has 2 heterocycles. The van der Waals surface area contributed by atoms with Crippen molar-refractivity contribution >= 4 is 66.8 Å². The summed E-state index contributed by atoms with van der Waals surface area (Å²) in [7, 11) is 0. The normalized spacial score (nSPS) is 11.0. The lowest BCUT2D eigenvalue weighted by molar-refractivity contribution is -0.116. The van der Waals surface area contributed by atoms with Crippen molar-refractivity contribution in [1.82, 2.24) is 19.6 Å². The highest BCUT2D eigenvalue weighted by molar-refractivity contribution is 9.10. The van der Waals surface area contributed by atoms with E-state index in [0.29, 0.717) is 26.9 Å². The first-order chi connectivity index (χ1) is 12.3. The zero-order valence-electron chi connectivity index (χ0n) is 13.5. The summed E-state index contributed by atoms with van der Waals surface area (Å²) >= 11 is 18.9. The topological polar surface area (TPSA) is 64.7 Å². The minimum atomic E-state index is -0.226. The molecule has 26 heavy (non-hydrogen) atoms. The quantitative estimate of drug-likeness (QED) is 0.519. The molecule has 0 saturated carbocycles. The highest BCUT2D eigenvalue weighted by atomic mass is 79.9. The lowest BCUT2D eigenvalue weighted by Gasteiger charge is -2.05. The molecular formula is C16H13Br2Cl2N5O. The predicted molar refractivity (Wildman–Crippen MR) is 109 cm³/mol. The van der Waals surface area contributed by atoms with Crippen LogP contribution in [-0.2, 0) is 17.9 Å². The van der Waals surface area contributed by atoms with Crippen molar-refractivity contribution in [2.24, 2.45) is 0 Å². The molecule has 0 aliphatic heterocycles. The van der Waals surface area contributed by atoms with Gasteiger partial charge >= 0.3 is 0 Å². The molecular weight excluding hydrogens is 509 g/mol. The number of rotatable bonds is 5. The average molecular weight is 522 g/mol. The molecule has 0 atom stereocenters. The van der Waals surface area contributed by atoms with Crippen LogP contribution >= 0.6 is 55.1 Å². The summed E-state index contributed by atoms with van der Waals surface area (Å²) in [6.45, 7) is 2.41. The maximum atomic E-state index is 12.2. The summed E-state index contributed by atoms with van der Waals surface area (Å²) in [5.74, 6) is 0.207. The van der Waals surface area contributed by atoms with Gasteiger partial charge in [0.05, 0.1) is 21.2 Å². The van der Waals surface area contributed by atoms with E-state index in [-0.39, 0.29) is 12.5 Å². The summed E-state index contributed by atoms with van der Waals surface area (Å²) in [5, 5.41) is 12.5. The molecule has 3 rings (SSSR count). The van der Waals surface area contributed by atoms with E-state index in [1.165, 1.54) is 0 Å². The molecule has 0 bridgehead atoms. The van der Waals surface area contributed by atoms with E-state index in [4.69, 9.17) is 23.2 Å². The molecule has 0 aliphatic carbocycles. The van der Waals surface area contributed by atoms with Crippen LogP contribution in [0.25, 0.3) is 0 Å². The van der Waals surface area contributed by atoms with Crippen LogP contribution in [0.1, 0.15) is 11.3 Å². The molecule has 0 saturated heterocycles. The fraction of sp³-hybridized carbons (Fsp3) is 0.188. The molecule has 10 heteroatoms. The van der Waals surface area contributed by atoms with Crippen molar-refractivity contribution < 1.29 is 4.79 Å². The Hall–Kier alpha value is -1.35. The zero-order valence-corrected chi connectivity index (χ0v) is 18.2. The maximum Gasteiger partial charge on any atom is 0.247 e. The second-order valence-electron chi connectivity index (χ2n) is 5.57. The van der Waals surface area contributed by atoms with Gasteiger partial charge in [0.15, 0.2) is 5.82 Å². The van der Waals surface area contributed by atoms with Crippen LogP contribution in [0.4, 0.5) is 5.82 Å². The van der Waals surface area contributed by atoms with Gasteiger partial charge in [-0.05, 0) is 56.5 Å².